The van der Waals surface area contributed by atoms with E-state index in [9.17, 15) is 14.4 Å². The van der Waals surface area contributed by atoms with Crippen LogP contribution in [0.15, 0.2) is 18.2 Å². The van der Waals surface area contributed by atoms with E-state index < -0.39 is 11.9 Å². The number of fused-ring (bicyclic) bond motifs is 1. The number of aromatic carboxylic acids is 1. The maximum Gasteiger partial charge on any atom is 0.335 e. The van der Waals surface area contributed by atoms with Crippen LogP contribution in [-0.4, -0.2) is 34.6 Å². The highest BCUT2D eigenvalue weighted by Crippen LogP contribution is 2.29. The number of rotatable bonds is 4. The van der Waals surface area contributed by atoms with Crippen molar-refractivity contribution in [1.82, 2.24) is 0 Å². The Morgan fingerprint density at radius 1 is 1.16 bits per heavy atom. The second kappa shape index (κ2) is 5.09. The molecule has 0 saturated carbocycles. The predicted molar refractivity (Wildman–Crippen MR) is 66.3 cm³/mol. The summed E-state index contributed by atoms with van der Waals surface area (Å²) in [5, 5.41) is 17.5. The van der Waals surface area contributed by atoms with Crippen molar-refractivity contribution >= 4 is 23.5 Å². The van der Waals surface area contributed by atoms with Crippen molar-refractivity contribution < 1.29 is 24.6 Å². The van der Waals surface area contributed by atoms with E-state index in [4.69, 9.17) is 10.2 Å². The van der Waals surface area contributed by atoms with Crippen molar-refractivity contribution in [3.8, 4) is 0 Å². The highest BCUT2D eigenvalue weighted by molar-refractivity contribution is 5.97. The highest BCUT2D eigenvalue weighted by atomic mass is 16.4. The number of amides is 1. The number of carbonyl (C=O) groups excluding carboxylic acids is 1. The fourth-order valence-electron chi connectivity index (χ4n) is 2.14. The Balaban J connectivity index is 2.16. The molecule has 1 amide bonds. The number of carboxylic acid groups (broad SMARTS) is 2. The van der Waals surface area contributed by atoms with Gasteiger partial charge in [0, 0.05) is 18.7 Å². The summed E-state index contributed by atoms with van der Waals surface area (Å²) in [7, 11) is 0. The van der Waals surface area contributed by atoms with E-state index in [1.807, 2.05) is 0 Å². The van der Waals surface area contributed by atoms with Gasteiger partial charge in [-0.15, -0.1) is 0 Å². The van der Waals surface area contributed by atoms with E-state index in [-0.39, 0.29) is 24.3 Å². The van der Waals surface area contributed by atoms with E-state index in [0.29, 0.717) is 18.7 Å². The van der Waals surface area contributed by atoms with Crippen molar-refractivity contribution in [3.63, 3.8) is 0 Å². The number of hydrogen-bond donors (Lipinski definition) is 2. The number of carboxylic acids is 2. The Hall–Kier alpha value is -2.37. The molecular formula is C13H13NO5. The van der Waals surface area contributed by atoms with Gasteiger partial charge in [-0.25, -0.2) is 4.79 Å². The molecule has 0 radical (unpaired) electrons. The Bertz CT molecular complexity index is 552. The molecule has 0 aliphatic carbocycles. The molecule has 2 N–H and O–H groups in total. The minimum absolute atomic E-state index is 0.0462. The third-order valence-corrected chi connectivity index (χ3v) is 3.08. The van der Waals surface area contributed by atoms with Crippen LogP contribution in [0, 0.1) is 0 Å². The summed E-state index contributed by atoms with van der Waals surface area (Å²) < 4.78 is 0. The summed E-state index contributed by atoms with van der Waals surface area (Å²) in [4.78, 5) is 34.7. The topological polar surface area (TPSA) is 94.9 Å². The largest absolute Gasteiger partial charge is 0.481 e. The van der Waals surface area contributed by atoms with Crippen LogP contribution in [0.4, 0.5) is 5.69 Å². The zero-order valence-corrected chi connectivity index (χ0v) is 10.1. The summed E-state index contributed by atoms with van der Waals surface area (Å²) in [6.45, 7) is 0.469. The van der Waals surface area contributed by atoms with Crippen LogP contribution in [0.25, 0.3) is 0 Å². The lowest BCUT2D eigenvalue weighted by Gasteiger charge is -2.16. The molecule has 0 fully saturated rings. The third kappa shape index (κ3) is 2.73. The Morgan fingerprint density at radius 2 is 1.89 bits per heavy atom. The summed E-state index contributed by atoms with van der Waals surface area (Å²) in [6, 6.07) is 4.61. The van der Waals surface area contributed by atoms with Crippen LogP contribution in [0.3, 0.4) is 0 Å². The van der Waals surface area contributed by atoms with Crippen LogP contribution < -0.4 is 4.90 Å². The number of anilines is 1. The van der Waals surface area contributed by atoms with E-state index in [2.05, 4.69) is 0 Å². The first kappa shape index (κ1) is 13.1. The molecule has 0 bridgehead atoms. The zero-order chi connectivity index (χ0) is 14.0. The number of hydrogen-bond acceptors (Lipinski definition) is 3. The Morgan fingerprint density at radius 3 is 2.53 bits per heavy atom. The maximum absolute atomic E-state index is 11.9. The summed E-state index contributed by atoms with van der Waals surface area (Å²) in [5.74, 6) is -2.25. The molecule has 0 unspecified atom stereocenters. The lowest BCUT2D eigenvalue weighted by atomic mass is 10.1. The first-order valence-electron chi connectivity index (χ1n) is 5.87. The molecule has 6 nitrogen and oxygen atoms in total. The van der Waals surface area contributed by atoms with Crippen LogP contribution in [0.1, 0.15) is 28.8 Å². The van der Waals surface area contributed by atoms with Gasteiger partial charge in [0.1, 0.15) is 0 Å². The minimum Gasteiger partial charge on any atom is -0.481 e. The smallest absolute Gasteiger partial charge is 0.335 e. The number of carbonyl (C=O) groups is 3. The molecule has 1 aliphatic heterocycles. The molecule has 0 spiro atoms. The van der Waals surface area contributed by atoms with Crippen molar-refractivity contribution in [2.24, 2.45) is 0 Å². The summed E-state index contributed by atoms with van der Waals surface area (Å²) in [6.07, 6.45) is 0.350. The average Bonchev–Trinajstić information content (AvgIpc) is 2.78. The van der Waals surface area contributed by atoms with Gasteiger partial charge in [0.15, 0.2) is 0 Å². The first-order valence-corrected chi connectivity index (χ1v) is 5.87. The number of aliphatic carboxylic acids is 1. The molecule has 100 valence electrons. The van der Waals surface area contributed by atoms with Crippen molar-refractivity contribution in [1.29, 1.82) is 0 Å². The zero-order valence-electron chi connectivity index (χ0n) is 10.1. The monoisotopic (exact) mass is 263 g/mol. The minimum atomic E-state index is -1.01. The Labute approximate surface area is 109 Å². The summed E-state index contributed by atoms with van der Waals surface area (Å²) in [5.41, 5.74) is 1.68. The highest BCUT2D eigenvalue weighted by Gasteiger charge is 2.25. The van der Waals surface area contributed by atoms with Crippen molar-refractivity contribution in [2.45, 2.75) is 19.3 Å². The average molecular weight is 263 g/mol. The molecule has 6 heteroatoms. The molecule has 2 rings (SSSR count). The van der Waals surface area contributed by atoms with Crippen LogP contribution in [-0.2, 0) is 16.0 Å². The molecule has 19 heavy (non-hydrogen) atoms. The van der Waals surface area contributed by atoms with Crippen LogP contribution in [0.5, 0.6) is 0 Å². The number of nitrogens with zero attached hydrogens (tertiary/aromatic N) is 1. The maximum atomic E-state index is 11.9. The molecule has 1 aromatic carbocycles. The first-order chi connectivity index (χ1) is 8.99. The van der Waals surface area contributed by atoms with Crippen molar-refractivity contribution in [2.75, 3.05) is 11.4 Å². The molecule has 0 aromatic heterocycles. The van der Waals surface area contributed by atoms with Gasteiger partial charge in [0.05, 0.1) is 12.0 Å². The molecular weight excluding hydrogens is 250 g/mol. The van der Waals surface area contributed by atoms with E-state index in [1.54, 1.807) is 12.1 Å². The SMILES string of the molecule is O=C(O)CCC(=O)N1CCc2cc(C(=O)O)ccc21. The van der Waals surface area contributed by atoms with Gasteiger partial charge in [-0.1, -0.05) is 0 Å². The van der Waals surface area contributed by atoms with Crippen LogP contribution >= 0.6 is 0 Å². The van der Waals surface area contributed by atoms with Gasteiger partial charge in [-0.05, 0) is 30.2 Å². The lowest BCUT2D eigenvalue weighted by molar-refractivity contribution is -0.138. The van der Waals surface area contributed by atoms with E-state index in [0.717, 1.165) is 5.56 Å². The fourth-order valence-corrected chi connectivity index (χ4v) is 2.14. The van der Waals surface area contributed by atoms with Gasteiger partial charge in [0.2, 0.25) is 5.91 Å². The van der Waals surface area contributed by atoms with Gasteiger partial charge >= 0.3 is 11.9 Å². The summed E-state index contributed by atoms with van der Waals surface area (Å²) >= 11 is 0. The molecule has 1 heterocycles. The fraction of sp³-hybridized carbons (Fsp3) is 0.308. The van der Waals surface area contributed by atoms with Gasteiger partial charge in [0.25, 0.3) is 0 Å². The van der Waals surface area contributed by atoms with Crippen LogP contribution in [0.2, 0.25) is 0 Å². The van der Waals surface area contributed by atoms with Gasteiger partial charge in [-0.3, -0.25) is 9.59 Å². The normalized spacial score (nSPS) is 13.2. The molecule has 1 aliphatic rings. The van der Waals surface area contributed by atoms with Crippen molar-refractivity contribution in [3.05, 3.63) is 29.3 Å². The van der Waals surface area contributed by atoms with E-state index >= 15 is 0 Å². The van der Waals surface area contributed by atoms with Gasteiger partial charge in [-0.2, -0.15) is 0 Å². The second-order valence-electron chi connectivity index (χ2n) is 4.34. The Kier molecular flexibility index (Phi) is 3.50. The lowest BCUT2D eigenvalue weighted by Crippen LogP contribution is -2.29. The molecule has 0 atom stereocenters. The standard InChI is InChI=1S/C13H13NO5/c15-11(3-4-12(16)17)14-6-5-8-7-9(13(18)19)1-2-10(8)14/h1-2,7H,3-6H2,(H,16,17)(H,18,19). The molecule has 1 aromatic rings. The molecule has 0 saturated heterocycles. The predicted octanol–water partition coefficient (Wildman–Crippen LogP) is 1.14. The second-order valence-corrected chi connectivity index (χ2v) is 4.34. The van der Waals surface area contributed by atoms with E-state index in [1.165, 1.54) is 11.0 Å². The quantitative estimate of drug-likeness (QED) is 0.849. The van der Waals surface area contributed by atoms with Gasteiger partial charge < -0.3 is 15.1 Å². The number of benzene rings is 1. The third-order valence-electron chi connectivity index (χ3n) is 3.08.